The summed E-state index contributed by atoms with van der Waals surface area (Å²) in [5, 5.41) is 0. The Hall–Kier alpha value is -2.71. The van der Waals surface area contributed by atoms with Gasteiger partial charge >= 0.3 is 6.01 Å². The van der Waals surface area contributed by atoms with Gasteiger partial charge in [0.15, 0.2) is 5.78 Å². The zero-order valence-corrected chi connectivity index (χ0v) is 18.3. The van der Waals surface area contributed by atoms with Gasteiger partial charge in [-0.3, -0.25) is 9.69 Å². The van der Waals surface area contributed by atoms with Crippen molar-refractivity contribution in [2.75, 3.05) is 44.0 Å². The fraction of sp³-hybridized carbons (Fsp3) is 0.522. The van der Waals surface area contributed by atoms with Crippen molar-refractivity contribution in [2.45, 2.75) is 45.4 Å². The summed E-state index contributed by atoms with van der Waals surface area (Å²) < 4.78 is 10.9. The van der Waals surface area contributed by atoms with Crippen LogP contribution in [0.5, 0.6) is 6.01 Å². The first kappa shape index (κ1) is 21.5. The van der Waals surface area contributed by atoms with Crippen molar-refractivity contribution in [3.05, 3.63) is 41.0 Å². The molecule has 0 unspecified atom stereocenters. The number of nitrogens with zero attached hydrogens (tertiary/aromatic N) is 4. The second-order valence-electron chi connectivity index (χ2n) is 8.45. The molecule has 8 heteroatoms. The molecule has 1 aromatic heterocycles. The van der Waals surface area contributed by atoms with E-state index in [-0.39, 0.29) is 24.3 Å². The number of hydrogen-bond donors (Lipinski definition) is 1. The molecule has 0 radical (unpaired) electrons. The fourth-order valence-electron chi connectivity index (χ4n) is 4.32. The van der Waals surface area contributed by atoms with Gasteiger partial charge in [0.05, 0.1) is 13.2 Å². The molecule has 3 heterocycles. The van der Waals surface area contributed by atoms with Crippen molar-refractivity contribution in [2.24, 2.45) is 0 Å². The first-order chi connectivity index (χ1) is 15.0. The number of fused-ring (bicyclic) bond motifs is 1. The van der Waals surface area contributed by atoms with E-state index in [9.17, 15) is 4.79 Å². The molecule has 2 aliphatic heterocycles. The summed E-state index contributed by atoms with van der Waals surface area (Å²) in [6.07, 6.45) is 2.60. The topological polar surface area (TPSA) is 93.8 Å². The van der Waals surface area contributed by atoms with E-state index in [1.165, 1.54) is 31.5 Å². The number of methoxy groups -OCH3 is 1. The summed E-state index contributed by atoms with van der Waals surface area (Å²) >= 11 is 0. The Bertz CT molecular complexity index is 929. The maximum absolute atomic E-state index is 12.4. The molecule has 0 bridgehead atoms. The number of hydrogen-bond acceptors (Lipinski definition) is 8. The minimum absolute atomic E-state index is 0.109. The van der Waals surface area contributed by atoms with Gasteiger partial charge in [0.25, 0.3) is 0 Å². The molecular formula is C23H31N5O3. The number of nitrogen functional groups attached to an aromatic ring is 1. The third kappa shape index (κ3) is 5.32. The summed E-state index contributed by atoms with van der Waals surface area (Å²) in [6, 6.07) is 8.78. The lowest BCUT2D eigenvalue weighted by Crippen LogP contribution is -2.37. The molecule has 1 aromatic carbocycles. The SMILES string of the molecule is COC[C@@H](C)Oc1nc(N)c2c(n1)N(Cc1cccc(CN3CCCC3)c1)CC(=O)C2. The van der Waals surface area contributed by atoms with Gasteiger partial charge in [0.1, 0.15) is 17.7 Å². The quantitative estimate of drug-likeness (QED) is 0.688. The van der Waals surface area contributed by atoms with Gasteiger partial charge in [-0.25, -0.2) is 0 Å². The maximum atomic E-state index is 12.4. The fourth-order valence-corrected chi connectivity index (χ4v) is 4.32. The van der Waals surface area contributed by atoms with Crippen molar-refractivity contribution in [1.82, 2.24) is 14.9 Å². The molecular weight excluding hydrogens is 394 g/mol. The number of benzene rings is 1. The monoisotopic (exact) mass is 425 g/mol. The molecule has 0 amide bonds. The average molecular weight is 426 g/mol. The van der Waals surface area contributed by atoms with Crippen LogP contribution >= 0.6 is 0 Å². The number of Topliss-reactive ketones (excluding diaryl/α,β-unsaturated/α-hetero) is 1. The first-order valence-electron chi connectivity index (χ1n) is 10.9. The van der Waals surface area contributed by atoms with E-state index in [2.05, 4.69) is 39.1 Å². The lowest BCUT2D eigenvalue weighted by molar-refractivity contribution is -0.117. The molecule has 4 rings (SSSR count). The van der Waals surface area contributed by atoms with Crippen molar-refractivity contribution >= 4 is 17.4 Å². The smallest absolute Gasteiger partial charge is 0.320 e. The number of carbonyl (C=O) groups is 1. The van der Waals surface area contributed by atoms with Gasteiger partial charge in [0.2, 0.25) is 0 Å². The minimum Gasteiger partial charge on any atom is -0.458 e. The Kier molecular flexibility index (Phi) is 6.67. The van der Waals surface area contributed by atoms with E-state index in [0.717, 1.165) is 12.1 Å². The summed E-state index contributed by atoms with van der Waals surface area (Å²) in [4.78, 5) is 25.7. The van der Waals surface area contributed by atoms with E-state index in [1.54, 1.807) is 7.11 Å². The predicted octanol–water partition coefficient (Wildman–Crippen LogP) is 2.20. The van der Waals surface area contributed by atoms with Crippen LogP contribution in [-0.4, -0.2) is 60.1 Å². The molecule has 2 aliphatic rings. The molecule has 166 valence electrons. The molecule has 1 atom stereocenters. The third-order valence-corrected chi connectivity index (χ3v) is 5.72. The van der Waals surface area contributed by atoms with Crippen molar-refractivity contribution < 1.29 is 14.3 Å². The van der Waals surface area contributed by atoms with Crippen LogP contribution in [0.1, 0.15) is 36.5 Å². The van der Waals surface area contributed by atoms with Crippen LogP contribution < -0.4 is 15.4 Å². The number of ketones is 1. The Morgan fingerprint density at radius 3 is 2.65 bits per heavy atom. The second-order valence-corrected chi connectivity index (χ2v) is 8.45. The number of nitrogens with two attached hydrogens (primary N) is 1. The molecule has 0 spiro atoms. The highest BCUT2D eigenvalue weighted by atomic mass is 16.5. The third-order valence-electron chi connectivity index (χ3n) is 5.72. The Labute approximate surface area is 183 Å². The van der Waals surface area contributed by atoms with Crippen LogP contribution in [0.2, 0.25) is 0 Å². The molecule has 8 nitrogen and oxygen atoms in total. The molecule has 2 N–H and O–H groups in total. The standard InChI is InChI=1S/C23H31N5O3/c1-16(15-30-2)31-23-25-21(24)20-11-19(29)14-28(22(20)26-23)13-18-7-5-6-17(10-18)12-27-8-3-4-9-27/h5-7,10,16H,3-4,8-9,11-15H2,1-2H3,(H2,24,25,26)/t16-/m1/s1. The first-order valence-corrected chi connectivity index (χ1v) is 10.9. The highest BCUT2D eigenvalue weighted by Crippen LogP contribution is 2.31. The van der Waals surface area contributed by atoms with E-state index >= 15 is 0 Å². The van der Waals surface area contributed by atoms with Gasteiger partial charge in [-0.15, -0.1) is 0 Å². The van der Waals surface area contributed by atoms with Crippen LogP contribution in [0.4, 0.5) is 11.6 Å². The number of rotatable bonds is 8. The molecule has 2 aromatic rings. The predicted molar refractivity (Wildman–Crippen MR) is 119 cm³/mol. The van der Waals surface area contributed by atoms with E-state index < -0.39 is 0 Å². The van der Waals surface area contributed by atoms with E-state index in [1.807, 2.05) is 11.8 Å². The van der Waals surface area contributed by atoms with Crippen molar-refractivity contribution in [3.63, 3.8) is 0 Å². The maximum Gasteiger partial charge on any atom is 0.320 e. The van der Waals surface area contributed by atoms with Crippen LogP contribution in [0, 0.1) is 0 Å². The summed E-state index contributed by atoms with van der Waals surface area (Å²) in [7, 11) is 1.62. The summed E-state index contributed by atoms with van der Waals surface area (Å²) in [5.41, 5.74) is 9.29. The lowest BCUT2D eigenvalue weighted by Gasteiger charge is -2.30. The largest absolute Gasteiger partial charge is 0.458 e. The molecule has 31 heavy (non-hydrogen) atoms. The number of likely N-dealkylation sites (tertiary alicyclic amines) is 1. The zero-order chi connectivity index (χ0) is 21.8. The van der Waals surface area contributed by atoms with Crippen molar-refractivity contribution in [3.8, 4) is 6.01 Å². The van der Waals surface area contributed by atoms with E-state index in [0.29, 0.717) is 36.9 Å². The summed E-state index contributed by atoms with van der Waals surface area (Å²) in [6.45, 7) is 6.48. The number of anilines is 2. The number of ether oxygens (including phenoxy) is 2. The van der Waals surface area contributed by atoms with Gasteiger partial charge in [-0.2, -0.15) is 9.97 Å². The van der Waals surface area contributed by atoms with Crippen molar-refractivity contribution in [1.29, 1.82) is 0 Å². The molecule has 1 saturated heterocycles. The Morgan fingerprint density at radius 1 is 1.16 bits per heavy atom. The Morgan fingerprint density at radius 2 is 1.90 bits per heavy atom. The van der Waals surface area contributed by atoms with Gasteiger partial charge in [0, 0.05) is 32.2 Å². The normalized spacial score (nSPS) is 17.6. The molecule has 0 aliphatic carbocycles. The number of carbonyl (C=O) groups excluding carboxylic acids is 1. The minimum atomic E-state index is -0.205. The van der Waals surface area contributed by atoms with E-state index in [4.69, 9.17) is 15.2 Å². The van der Waals surface area contributed by atoms with Crippen LogP contribution in [-0.2, 0) is 29.0 Å². The number of aromatic nitrogens is 2. The highest BCUT2D eigenvalue weighted by Gasteiger charge is 2.28. The van der Waals surface area contributed by atoms with Gasteiger partial charge in [-0.05, 0) is 44.0 Å². The molecule has 1 fully saturated rings. The highest BCUT2D eigenvalue weighted by molar-refractivity contribution is 5.91. The van der Waals surface area contributed by atoms with Crippen LogP contribution in [0.3, 0.4) is 0 Å². The molecule has 0 saturated carbocycles. The van der Waals surface area contributed by atoms with Gasteiger partial charge < -0.3 is 20.1 Å². The van der Waals surface area contributed by atoms with Gasteiger partial charge in [-0.1, -0.05) is 24.3 Å². The summed E-state index contributed by atoms with van der Waals surface area (Å²) in [5.74, 6) is 1.08. The van der Waals surface area contributed by atoms with Crippen LogP contribution in [0.15, 0.2) is 24.3 Å². The lowest BCUT2D eigenvalue weighted by atomic mass is 10.0. The average Bonchev–Trinajstić information content (AvgIpc) is 3.22. The second kappa shape index (κ2) is 9.62. The Balaban J connectivity index is 1.55. The van der Waals surface area contributed by atoms with Crippen LogP contribution in [0.25, 0.3) is 0 Å². The zero-order valence-electron chi connectivity index (χ0n) is 18.3.